The number of nitrogens with one attached hydrogen (secondary N) is 2. The Morgan fingerprint density at radius 3 is 2.17 bits per heavy atom. The summed E-state index contributed by atoms with van der Waals surface area (Å²) < 4.78 is 28.4. The van der Waals surface area contributed by atoms with Gasteiger partial charge in [-0.1, -0.05) is 59.6 Å². The molecule has 3 rings (SSSR count). The van der Waals surface area contributed by atoms with Crippen LogP contribution in [0.3, 0.4) is 0 Å². The molecular formula is C22H21ClN2O3S. The molecule has 5 nitrogen and oxygen atoms in total. The number of sulfonamides is 1. The molecule has 0 fully saturated rings. The van der Waals surface area contributed by atoms with Crippen LogP contribution in [0.5, 0.6) is 0 Å². The SMILES string of the molecule is Cc1ccc(S(=O)(=O)N[C@@H](CC(=O)Nc2ccc(Cl)cc2)c2ccccc2)cc1. The van der Waals surface area contributed by atoms with Crippen molar-refractivity contribution in [3.05, 3.63) is 95.0 Å². The molecule has 0 aliphatic rings. The minimum Gasteiger partial charge on any atom is -0.326 e. The van der Waals surface area contributed by atoms with Gasteiger partial charge in [0, 0.05) is 17.1 Å². The highest BCUT2D eigenvalue weighted by Gasteiger charge is 2.23. The first kappa shape index (κ1) is 21.0. The third-order valence-corrected chi connectivity index (χ3v) is 6.09. The van der Waals surface area contributed by atoms with Gasteiger partial charge in [-0.3, -0.25) is 4.79 Å². The van der Waals surface area contributed by atoms with E-state index in [1.54, 1.807) is 72.8 Å². The second-order valence-electron chi connectivity index (χ2n) is 6.66. The van der Waals surface area contributed by atoms with Crippen LogP contribution >= 0.6 is 11.6 Å². The Morgan fingerprint density at radius 2 is 1.55 bits per heavy atom. The van der Waals surface area contributed by atoms with Crippen molar-refractivity contribution in [1.82, 2.24) is 4.72 Å². The minimum atomic E-state index is -3.80. The summed E-state index contributed by atoms with van der Waals surface area (Å²) in [5.74, 6) is -0.312. The fourth-order valence-corrected chi connectivity index (χ4v) is 4.17. The van der Waals surface area contributed by atoms with Crippen molar-refractivity contribution in [2.45, 2.75) is 24.3 Å². The molecule has 0 spiro atoms. The van der Waals surface area contributed by atoms with Crippen LogP contribution in [0.1, 0.15) is 23.6 Å². The van der Waals surface area contributed by atoms with Crippen molar-refractivity contribution < 1.29 is 13.2 Å². The van der Waals surface area contributed by atoms with Crippen LogP contribution < -0.4 is 10.0 Å². The van der Waals surface area contributed by atoms with Crippen LogP contribution in [0, 0.1) is 6.92 Å². The zero-order chi connectivity index (χ0) is 20.9. The molecule has 0 radical (unpaired) electrons. The maximum absolute atomic E-state index is 12.8. The van der Waals surface area contributed by atoms with E-state index in [0.717, 1.165) is 5.56 Å². The van der Waals surface area contributed by atoms with Crippen LogP contribution in [0.15, 0.2) is 83.8 Å². The Hall–Kier alpha value is -2.67. The van der Waals surface area contributed by atoms with Crippen LogP contribution in [-0.2, 0) is 14.8 Å². The number of carbonyl (C=O) groups excluding carboxylic acids is 1. The molecule has 0 saturated carbocycles. The quantitative estimate of drug-likeness (QED) is 0.572. The fourth-order valence-electron chi connectivity index (χ4n) is 2.82. The first-order valence-electron chi connectivity index (χ1n) is 9.03. The summed E-state index contributed by atoms with van der Waals surface area (Å²) in [4.78, 5) is 12.7. The Morgan fingerprint density at radius 1 is 0.931 bits per heavy atom. The van der Waals surface area contributed by atoms with E-state index >= 15 is 0 Å². The van der Waals surface area contributed by atoms with E-state index in [1.807, 2.05) is 13.0 Å². The van der Waals surface area contributed by atoms with Gasteiger partial charge in [-0.25, -0.2) is 13.1 Å². The number of rotatable bonds is 7. The van der Waals surface area contributed by atoms with E-state index in [2.05, 4.69) is 10.0 Å². The Balaban J connectivity index is 1.80. The highest BCUT2D eigenvalue weighted by molar-refractivity contribution is 7.89. The summed E-state index contributed by atoms with van der Waals surface area (Å²) >= 11 is 5.86. The largest absolute Gasteiger partial charge is 0.326 e. The molecule has 1 atom stereocenters. The Labute approximate surface area is 175 Å². The number of halogens is 1. The lowest BCUT2D eigenvalue weighted by molar-refractivity contribution is -0.116. The van der Waals surface area contributed by atoms with Crippen molar-refractivity contribution in [2.24, 2.45) is 0 Å². The summed E-state index contributed by atoms with van der Waals surface area (Å²) in [6, 6.07) is 21.6. The predicted molar refractivity (Wildman–Crippen MR) is 115 cm³/mol. The molecule has 0 bridgehead atoms. The number of aryl methyl sites for hydroxylation is 1. The van der Waals surface area contributed by atoms with Gasteiger partial charge >= 0.3 is 0 Å². The molecule has 7 heteroatoms. The summed E-state index contributed by atoms with van der Waals surface area (Å²) in [5.41, 5.74) is 2.26. The zero-order valence-corrected chi connectivity index (χ0v) is 17.4. The molecule has 0 saturated heterocycles. The first-order chi connectivity index (χ1) is 13.8. The lowest BCUT2D eigenvalue weighted by atomic mass is 10.0. The highest BCUT2D eigenvalue weighted by atomic mass is 35.5. The molecular weight excluding hydrogens is 408 g/mol. The minimum absolute atomic E-state index is 0.0578. The second kappa shape index (κ2) is 9.22. The number of hydrogen-bond acceptors (Lipinski definition) is 3. The van der Waals surface area contributed by atoms with E-state index in [-0.39, 0.29) is 17.2 Å². The molecule has 0 unspecified atom stereocenters. The third kappa shape index (κ3) is 5.90. The van der Waals surface area contributed by atoms with Crippen molar-refractivity contribution in [2.75, 3.05) is 5.32 Å². The predicted octanol–water partition coefficient (Wildman–Crippen LogP) is 4.70. The van der Waals surface area contributed by atoms with Crippen LogP contribution in [0.4, 0.5) is 5.69 Å². The summed E-state index contributed by atoms with van der Waals surface area (Å²) in [5, 5.41) is 3.34. The molecule has 0 aliphatic carbocycles. The highest BCUT2D eigenvalue weighted by Crippen LogP contribution is 2.22. The molecule has 29 heavy (non-hydrogen) atoms. The van der Waals surface area contributed by atoms with Gasteiger partial charge in [0.15, 0.2) is 0 Å². The van der Waals surface area contributed by atoms with Crippen LogP contribution in [-0.4, -0.2) is 14.3 Å². The Kier molecular flexibility index (Phi) is 6.69. The summed E-state index contributed by atoms with van der Waals surface area (Å²) in [6.07, 6.45) is -0.0578. The lowest BCUT2D eigenvalue weighted by Gasteiger charge is -2.19. The van der Waals surface area contributed by atoms with Gasteiger partial charge in [-0.05, 0) is 48.9 Å². The normalized spacial score (nSPS) is 12.3. The maximum atomic E-state index is 12.8. The van der Waals surface area contributed by atoms with Crippen molar-refractivity contribution in [1.29, 1.82) is 0 Å². The van der Waals surface area contributed by atoms with Crippen molar-refractivity contribution >= 4 is 33.2 Å². The van der Waals surface area contributed by atoms with E-state index in [4.69, 9.17) is 11.6 Å². The molecule has 3 aromatic carbocycles. The summed E-state index contributed by atoms with van der Waals surface area (Å²) in [7, 11) is -3.80. The monoisotopic (exact) mass is 428 g/mol. The zero-order valence-electron chi connectivity index (χ0n) is 15.8. The molecule has 1 amide bonds. The van der Waals surface area contributed by atoms with E-state index in [1.165, 1.54) is 0 Å². The third-order valence-electron chi connectivity index (χ3n) is 4.35. The average molecular weight is 429 g/mol. The Bertz CT molecular complexity index is 1070. The van der Waals surface area contributed by atoms with Crippen LogP contribution in [0.25, 0.3) is 0 Å². The molecule has 0 aliphatic heterocycles. The number of amides is 1. The standard InChI is InChI=1S/C22H21ClN2O3S/c1-16-7-13-20(14-8-16)29(27,28)25-21(17-5-3-2-4-6-17)15-22(26)24-19-11-9-18(23)10-12-19/h2-14,21,25H,15H2,1H3,(H,24,26)/t21-/m0/s1. The van der Waals surface area contributed by atoms with E-state index in [9.17, 15) is 13.2 Å². The smallest absolute Gasteiger partial charge is 0.241 e. The topological polar surface area (TPSA) is 75.3 Å². The van der Waals surface area contributed by atoms with Gasteiger partial charge < -0.3 is 5.32 Å². The van der Waals surface area contributed by atoms with E-state index < -0.39 is 16.1 Å². The van der Waals surface area contributed by atoms with E-state index in [0.29, 0.717) is 16.3 Å². The molecule has 2 N–H and O–H groups in total. The van der Waals surface area contributed by atoms with Gasteiger partial charge in [0.25, 0.3) is 0 Å². The molecule has 0 heterocycles. The van der Waals surface area contributed by atoms with Gasteiger partial charge in [0.2, 0.25) is 15.9 Å². The number of anilines is 1. The maximum Gasteiger partial charge on any atom is 0.241 e. The fraction of sp³-hybridized carbons (Fsp3) is 0.136. The second-order valence-corrected chi connectivity index (χ2v) is 8.81. The molecule has 0 aromatic heterocycles. The first-order valence-corrected chi connectivity index (χ1v) is 10.9. The molecule has 150 valence electrons. The summed E-state index contributed by atoms with van der Waals surface area (Å²) in [6.45, 7) is 1.89. The number of benzene rings is 3. The van der Waals surface area contributed by atoms with Crippen molar-refractivity contribution in [3.8, 4) is 0 Å². The number of carbonyl (C=O) groups is 1. The van der Waals surface area contributed by atoms with Gasteiger partial charge in [-0.2, -0.15) is 0 Å². The van der Waals surface area contributed by atoms with Crippen LogP contribution in [0.2, 0.25) is 5.02 Å². The average Bonchev–Trinajstić information content (AvgIpc) is 2.70. The van der Waals surface area contributed by atoms with Crippen molar-refractivity contribution in [3.63, 3.8) is 0 Å². The molecule has 3 aromatic rings. The van der Waals surface area contributed by atoms with Gasteiger partial charge in [0.1, 0.15) is 0 Å². The van der Waals surface area contributed by atoms with Gasteiger partial charge in [-0.15, -0.1) is 0 Å². The van der Waals surface area contributed by atoms with Gasteiger partial charge in [0.05, 0.1) is 10.9 Å². The number of hydrogen-bond donors (Lipinski definition) is 2. The lowest BCUT2D eigenvalue weighted by Crippen LogP contribution is -2.31.